The summed E-state index contributed by atoms with van der Waals surface area (Å²) in [5, 5.41) is 0. The van der Waals surface area contributed by atoms with E-state index in [0.717, 1.165) is 0 Å². The highest BCUT2D eigenvalue weighted by Crippen LogP contribution is 2.17. The fraction of sp³-hybridized carbons (Fsp3) is 0.154. The van der Waals surface area contributed by atoms with Crippen LogP contribution in [0.3, 0.4) is 0 Å². The molecule has 0 amide bonds. The predicted octanol–water partition coefficient (Wildman–Crippen LogP) is 2.81. The number of hydrogen-bond donors (Lipinski definition) is 0. The zero-order chi connectivity index (χ0) is 13.8. The molecular formula is C13H10BrFN2O2. The number of Topliss-reactive ketones (excluding diaryl/α,β-unsaturated/α-hetero) is 1. The molecule has 0 aliphatic rings. The van der Waals surface area contributed by atoms with Gasteiger partial charge in [-0.25, -0.2) is 14.4 Å². The molecule has 0 aliphatic heterocycles. The van der Waals surface area contributed by atoms with E-state index in [1.54, 1.807) is 6.07 Å². The average molecular weight is 325 g/mol. The minimum atomic E-state index is -0.391. The van der Waals surface area contributed by atoms with Crippen molar-refractivity contribution in [3.8, 4) is 5.88 Å². The van der Waals surface area contributed by atoms with Gasteiger partial charge in [0.2, 0.25) is 5.88 Å². The number of ketones is 1. The summed E-state index contributed by atoms with van der Waals surface area (Å²) in [4.78, 5) is 19.7. The summed E-state index contributed by atoms with van der Waals surface area (Å²) < 4.78 is 18.7. The van der Waals surface area contributed by atoms with Gasteiger partial charge < -0.3 is 4.74 Å². The Morgan fingerprint density at radius 1 is 1.32 bits per heavy atom. The Balaban J connectivity index is 2.20. The van der Waals surface area contributed by atoms with Crippen LogP contribution in [-0.2, 0) is 6.42 Å². The van der Waals surface area contributed by atoms with E-state index in [4.69, 9.17) is 4.74 Å². The third kappa shape index (κ3) is 3.57. The van der Waals surface area contributed by atoms with E-state index >= 15 is 0 Å². The molecule has 0 atom stereocenters. The first-order chi connectivity index (χ1) is 9.08. The summed E-state index contributed by atoms with van der Waals surface area (Å²) in [6, 6.07) is 5.80. The van der Waals surface area contributed by atoms with Crippen molar-refractivity contribution in [2.45, 2.75) is 6.42 Å². The molecule has 1 aromatic carbocycles. The van der Waals surface area contributed by atoms with Crippen LogP contribution < -0.4 is 4.74 Å². The second-order valence-corrected chi connectivity index (χ2v) is 4.74. The molecule has 6 heteroatoms. The normalized spacial score (nSPS) is 10.3. The number of halogens is 2. The molecular weight excluding hydrogens is 315 g/mol. The second kappa shape index (κ2) is 5.88. The summed E-state index contributed by atoms with van der Waals surface area (Å²) in [5.74, 6) is -0.297. The van der Waals surface area contributed by atoms with Crippen molar-refractivity contribution in [2.75, 3.05) is 7.11 Å². The van der Waals surface area contributed by atoms with Crippen molar-refractivity contribution in [1.29, 1.82) is 0 Å². The third-order valence-corrected chi connectivity index (χ3v) is 2.88. The molecule has 98 valence electrons. The van der Waals surface area contributed by atoms with Crippen LogP contribution in [-0.4, -0.2) is 22.9 Å². The van der Waals surface area contributed by atoms with Crippen LogP contribution in [0.2, 0.25) is 0 Å². The average Bonchev–Trinajstić information content (AvgIpc) is 2.37. The van der Waals surface area contributed by atoms with E-state index in [0.29, 0.717) is 15.9 Å². The van der Waals surface area contributed by atoms with E-state index in [2.05, 4.69) is 25.9 Å². The van der Waals surface area contributed by atoms with Crippen molar-refractivity contribution in [3.05, 3.63) is 52.1 Å². The lowest BCUT2D eigenvalue weighted by Gasteiger charge is -2.03. The minimum absolute atomic E-state index is 0.0660. The molecule has 19 heavy (non-hydrogen) atoms. The lowest BCUT2D eigenvalue weighted by Crippen LogP contribution is -2.07. The van der Waals surface area contributed by atoms with Crippen LogP contribution in [0.25, 0.3) is 0 Å². The van der Waals surface area contributed by atoms with Crippen molar-refractivity contribution in [3.63, 3.8) is 0 Å². The molecule has 2 rings (SSSR count). The Morgan fingerprint density at radius 2 is 2.11 bits per heavy atom. The third-order valence-electron chi connectivity index (χ3n) is 2.42. The molecule has 0 spiro atoms. The molecule has 2 aromatic rings. The van der Waals surface area contributed by atoms with E-state index in [9.17, 15) is 9.18 Å². The second-order valence-electron chi connectivity index (χ2n) is 3.82. The summed E-state index contributed by atoms with van der Waals surface area (Å²) in [6.07, 6.45) is 1.32. The van der Waals surface area contributed by atoms with E-state index in [1.165, 1.54) is 31.6 Å². The Kier molecular flexibility index (Phi) is 4.21. The number of carbonyl (C=O) groups is 1. The summed E-state index contributed by atoms with van der Waals surface area (Å²) in [7, 11) is 1.46. The lowest BCUT2D eigenvalue weighted by atomic mass is 10.1. The molecule has 0 fully saturated rings. The quantitative estimate of drug-likeness (QED) is 0.811. The van der Waals surface area contributed by atoms with Gasteiger partial charge in [0.25, 0.3) is 0 Å². The zero-order valence-electron chi connectivity index (χ0n) is 10.1. The van der Waals surface area contributed by atoms with E-state index < -0.39 is 5.82 Å². The van der Waals surface area contributed by atoms with Gasteiger partial charge in [-0.1, -0.05) is 15.9 Å². The van der Waals surface area contributed by atoms with Crippen molar-refractivity contribution < 1.29 is 13.9 Å². The predicted molar refractivity (Wildman–Crippen MR) is 70.7 cm³/mol. The molecule has 1 aromatic heterocycles. The largest absolute Gasteiger partial charge is 0.481 e. The molecule has 0 N–H and O–H groups in total. The highest BCUT2D eigenvalue weighted by Gasteiger charge is 2.11. The van der Waals surface area contributed by atoms with Gasteiger partial charge in [-0.05, 0) is 23.8 Å². The fourth-order valence-electron chi connectivity index (χ4n) is 1.59. The first-order valence-electron chi connectivity index (χ1n) is 5.42. The maximum absolute atomic E-state index is 13.2. The topological polar surface area (TPSA) is 52.1 Å². The van der Waals surface area contributed by atoms with Gasteiger partial charge in [0.15, 0.2) is 5.78 Å². The molecule has 1 heterocycles. The number of methoxy groups -OCH3 is 1. The maximum atomic E-state index is 13.2. The van der Waals surface area contributed by atoms with Gasteiger partial charge in [0, 0.05) is 17.0 Å². The highest BCUT2D eigenvalue weighted by atomic mass is 79.9. The Hall–Kier alpha value is -1.82. The molecule has 0 saturated heterocycles. The number of hydrogen-bond acceptors (Lipinski definition) is 4. The Morgan fingerprint density at radius 3 is 2.79 bits per heavy atom. The van der Waals surface area contributed by atoms with Gasteiger partial charge >= 0.3 is 0 Å². The van der Waals surface area contributed by atoms with Gasteiger partial charge in [-0.2, -0.15) is 0 Å². The molecule has 0 radical (unpaired) electrons. The van der Waals surface area contributed by atoms with Crippen LogP contribution >= 0.6 is 15.9 Å². The van der Waals surface area contributed by atoms with Crippen molar-refractivity contribution in [1.82, 2.24) is 9.97 Å². The van der Waals surface area contributed by atoms with Gasteiger partial charge in [0.1, 0.15) is 17.8 Å². The van der Waals surface area contributed by atoms with E-state index in [-0.39, 0.29) is 17.9 Å². The number of benzene rings is 1. The number of aromatic nitrogens is 2. The first kappa shape index (κ1) is 13.6. The molecule has 0 bridgehead atoms. The summed E-state index contributed by atoms with van der Waals surface area (Å²) >= 11 is 3.19. The van der Waals surface area contributed by atoms with Crippen LogP contribution in [0.1, 0.15) is 16.1 Å². The van der Waals surface area contributed by atoms with Gasteiger partial charge in [-0.15, -0.1) is 0 Å². The first-order valence-corrected chi connectivity index (χ1v) is 6.22. The fourth-order valence-corrected chi connectivity index (χ4v) is 2.11. The molecule has 4 nitrogen and oxygen atoms in total. The monoisotopic (exact) mass is 324 g/mol. The van der Waals surface area contributed by atoms with Crippen LogP contribution in [0.15, 0.2) is 35.1 Å². The zero-order valence-corrected chi connectivity index (χ0v) is 11.6. The summed E-state index contributed by atoms with van der Waals surface area (Å²) in [6.45, 7) is 0. The van der Waals surface area contributed by atoms with Crippen molar-refractivity contribution in [2.24, 2.45) is 0 Å². The number of rotatable bonds is 4. The number of nitrogens with zero attached hydrogens (tertiary/aromatic N) is 2. The maximum Gasteiger partial charge on any atom is 0.216 e. The van der Waals surface area contributed by atoms with Crippen LogP contribution in [0.5, 0.6) is 5.88 Å². The molecule has 0 aliphatic carbocycles. The number of carbonyl (C=O) groups excluding carboxylic acids is 1. The van der Waals surface area contributed by atoms with Crippen LogP contribution in [0, 0.1) is 5.82 Å². The van der Waals surface area contributed by atoms with Crippen LogP contribution in [0.4, 0.5) is 4.39 Å². The van der Waals surface area contributed by atoms with Gasteiger partial charge in [0.05, 0.1) is 7.11 Å². The molecule has 0 unspecified atom stereocenters. The SMILES string of the molecule is COc1cc(C(=O)Cc2cc(F)cc(Br)c2)ncn1. The Bertz CT molecular complexity index is 599. The molecule has 0 saturated carbocycles. The standard InChI is InChI=1S/C13H10BrFN2O2/c1-19-13-6-11(16-7-17-13)12(18)4-8-2-9(14)5-10(15)3-8/h2-3,5-7H,4H2,1H3. The smallest absolute Gasteiger partial charge is 0.216 e. The lowest BCUT2D eigenvalue weighted by molar-refractivity contribution is 0.0987. The van der Waals surface area contributed by atoms with Crippen molar-refractivity contribution >= 4 is 21.7 Å². The highest BCUT2D eigenvalue weighted by molar-refractivity contribution is 9.10. The Labute approximate surface area is 117 Å². The van der Waals surface area contributed by atoms with Gasteiger partial charge in [-0.3, -0.25) is 4.79 Å². The summed E-state index contributed by atoms with van der Waals surface area (Å²) in [5.41, 5.74) is 0.821. The minimum Gasteiger partial charge on any atom is -0.481 e. The number of ether oxygens (including phenoxy) is 1. The van der Waals surface area contributed by atoms with E-state index in [1.807, 2.05) is 0 Å².